The van der Waals surface area contributed by atoms with Crippen molar-refractivity contribution >= 4 is 39.7 Å². The van der Waals surface area contributed by atoms with E-state index in [2.05, 4.69) is 10.6 Å². The maximum absolute atomic E-state index is 12.1. The zero-order valence-electron chi connectivity index (χ0n) is 12.8. The molecule has 1 aromatic heterocycles. The predicted molar refractivity (Wildman–Crippen MR) is 89.5 cm³/mol. The fourth-order valence-electron chi connectivity index (χ4n) is 1.51. The van der Waals surface area contributed by atoms with Gasteiger partial charge in [-0.05, 0) is 11.4 Å². The van der Waals surface area contributed by atoms with Crippen LogP contribution in [0.1, 0.15) is 9.67 Å². The number of rotatable bonds is 9. The molecule has 0 atom stereocenters. The van der Waals surface area contributed by atoms with Crippen LogP contribution < -0.4 is 10.6 Å². The highest BCUT2D eigenvalue weighted by atomic mass is 35.5. The summed E-state index contributed by atoms with van der Waals surface area (Å²) in [4.78, 5) is 12.3. The number of nitrogens with one attached hydrogen (secondary N) is 2. The number of sulfonamides is 1. The van der Waals surface area contributed by atoms with Crippen molar-refractivity contribution in [1.29, 1.82) is 0 Å². The molecule has 2 N–H and O–H groups in total. The number of nitrogens with zero attached hydrogens (tertiary/aromatic N) is 1. The fourth-order valence-corrected chi connectivity index (χ4v) is 3.72. The first-order valence-electron chi connectivity index (χ1n) is 6.39. The van der Waals surface area contributed by atoms with Crippen molar-refractivity contribution in [2.24, 2.45) is 0 Å². The minimum Gasteiger partial charge on any atom is -0.383 e. The lowest BCUT2D eigenvalue weighted by molar-refractivity contribution is 0.0954. The van der Waals surface area contributed by atoms with Gasteiger partial charge in [0.15, 0.2) is 0 Å². The fraction of sp³-hybridized carbons (Fsp3) is 0.583. The molecule has 7 nitrogen and oxygen atoms in total. The second-order valence-corrected chi connectivity index (χ2v) is 7.44. The van der Waals surface area contributed by atoms with Crippen LogP contribution in [0.3, 0.4) is 0 Å². The van der Waals surface area contributed by atoms with E-state index in [9.17, 15) is 13.2 Å². The van der Waals surface area contributed by atoms with Gasteiger partial charge in [0, 0.05) is 40.8 Å². The van der Waals surface area contributed by atoms with Crippen LogP contribution in [0.5, 0.6) is 0 Å². The number of hydrogen-bond acceptors (Lipinski definition) is 6. The van der Waals surface area contributed by atoms with Gasteiger partial charge < -0.3 is 15.4 Å². The zero-order valence-corrected chi connectivity index (χ0v) is 15.2. The van der Waals surface area contributed by atoms with Crippen LogP contribution in [0.4, 0.5) is 0 Å². The van der Waals surface area contributed by atoms with E-state index in [1.165, 1.54) is 20.2 Å². The summed E-state index contributed by atoms with van der Waals surface area (Å²) in [7, 11) is 0.895. The van der Waals surface area contributed by atoms with Crippen LogP contribution >= 0.6 is 23.7 Å². The lowest BCUT2D eigenvalue weighted by atomic mass is 10.4. The lowest BCUT2D eigenvalue weighted by Gasteiger charge is -2.12. The minimum absolute atomic E-state index is 0. The normalized spacial score (nSPS) is 11.3. The Kier molecular flexibility index (Phi) is 9.81. The standard InChI is InChI=1S/C12H21N3O4S2.ClH/c1-15(2)21(17,18)10-4-9-20-11(10)12(16)14-6-5-13-7-8-19-3;/h4,9,13H,5-8H2,1-3H3,(H,14,16);1H. The van der Waals surface area contributed by atoms with Crippen LogP contribution in [-0.2, 0) is 14.8 Å². The Bertz CT molecular complexity index is 560. The van der Waals surface area contributed by atoms with Crippen molar-refractivity contribution in [2.75, 3.05) is 47.4 Å². The molecule has 0 unspecified atom stereocenters. The number of carbonyl (C=O) groups excluding carboxylic acids is 1. The highest BCUT2D eigenvalue weighted by Gasteiger charge is 2.25. The quantitative estimate of drug-likeness (QED) is 0.613. The lowest BCUT2D eigenvalue weighted by Crippen LogP contribution is -2.33. The number of methoxy groups -OCH3 is 1. The molecule has 0 spiro atoms. The number of ether oxygens (including phenoxy) is 1. The van der Waals surface area contributed by atoms with Gasteiger partial charge in [-0.3, -0.25) is 4.79 Å². The molecule has 0 aliphatic heterocycles. The average Bonchev–Trinajstić information content (AvgIpc) is 2.92. The minimum atomic E-state index is -3.60. The molecule has 1 heterocycles. The van der Waals surface area contributed by atoms with Gasteiger partial charge in [0.05, 0.1) is 6.61 Å². The van der Waals surface area contributed by atoms with Crippen molar-refractivity contribution in [1.82, 2.24) is 14.9 Å². The van der Waals surface area contributed by atoms with Crippen LogP contribution in [0, 0.1) is 0 Å². The first-order valence-corrected chi connectivity index (χ1v) is 8.71. The highest BCUT2D eigenvalue weighted by Crippen LogP contribution is 2.23. The van der Waals surface area contributed by atoms with Crippen molar-refractivity contribution in [2.45, 2.75) is 4.90 Å². The predicted octanol–water partition coefficient (Wildman–Crippen LogP) is 0.386. The summed E-state index contributed by atoms with van der Waals surface area (Å²) < 4.78 is 30.2. The van der Waals surface area contributed by atoms with E-state index in [0.717, 1.165) is 15.6 Å². The molecule has 0 aromatic carbocycles. The van der Waals surface area contributed by atoms with Crippen molar-refractivity contribution in [3.05, 3.63) is 16.3 Å². The summed E-state index contributed by atoms with van der Waals surface area (Å²) in [5, 5.41) is 7.39. The summed E-state index contributed by atoms with van der Waals surface area (Å²) in [5.74, 6) is -0.376. The topological polar surface area (TPSA) is 87.7 Å². The molecule has 0 aliphatic rings. The number of thiophene rings is 1. The molecule has 0 aliphatic carbocycles. The zero-order chi connectivity index (χ0) is 15.9. The highest BCUT2D eigenvalue weighted by molar-refractivity contribution is 7.89. The van der Waals surface area contributed by atoms with Crippen LogP contribution in [0.25, 0.3) is 0 Å². The second kappa shape index (κ2) is 10.1. The van der Waals surface area contributed by atoms with Gasteiger partial charge in [-0.25, -0.2) is 12.7 Å². The van der Waals surface area contributed by atoms with E-state index in [1.54, 1.807) is 12.5 Å². The van der Waals surface area contributed by atoms with Gasteiger partial charge in [-0.15, -0.1) is 23.7 Å². The number of hydrogen-bond donors (Lipinski definition) is 2. The molecule has 0 fully saturated rings. The summed E-state index contributed by atoms with van der Waals surface area (Å²) in [6.07, 6.45) is 0. The summed E-state index contributed by atoms with van der Waals surface area (Å²) >= 11 is 1.12. The Balaban J connectivity index is 0.00000441. The average molecular weight is 372 g/mol. The molecule has 10 heteroatoms. The monoisotopic (exact) mass is 371 g/mol. The molecule has 1 rings (SSSR count). The van der Waals surface area contributed by atoms with Crippen molar-refractivity contribution < 1.29 is 17.9 Å². The van der Waals surface area contributed by atoms with Gasteiger partial charge in [-0.2, -0.15) is 0 Å². The van der Waals surface area contributed by atoms with Gasteiger partial charge in [0.1, 0.15) is 9.77 Å². The number of amides is 1. The Morgan fingerprint density at radius 2 is 2.00 bits per heavy atom. The number of carbonyl (C=O) groups is 1. The van der Waals surface area contributed by atoms with Crippen LogP contribution in [0.2, 0.25) is 0 Å². The summed E-state index contributed by atoms with van der Waals surface area (Å²) in [6, 6.07) is 1.45. The van der Waals surface area contributed by atoms with E-state index >= 15 is 0 Å². The van der Waals surface area contributed by atoms with Gasteiger partial charge in [-0.1, -0.05) is 0 Å². The van der Waals surface area contributed by atoms with Crippen LogP contribution in [-0.4, -0.2) is 66.1 Å². The maximum Gasteiger partial charge on any atom is 0.262 e. The molecule has 1 aromatic rings. The maximum atomic E-state index is 12.1. The molecular weight excluding hydrogens is 350 g/mol. The van der Waals surface area contributed by atoms with Crippen molar-refractivity contribution in [3.8, 4) is 0 Å². The van der Waals surface area contributed by atoms with Gasteiger partial charge in [0.2, 0.25) is 10.0 Å². The first kappa shape index (κ1) is 21.3. The van der Waals surface area contributed by atoms with E-state index in [-0.39, 0.29) is 28.1 Å². The van der Waals surface area contributed by atoms with Gasteiger partial charge in [0.25, 0.3) is 5.91 Å². The smallest absolute Gasteiger partial charge is 0.262 e. The summed E-state index contributed by atoms with van der Waals surface area (Å²) in [5.41, 5.74) is 0. The third kappa shape index (κ3) is 5.82. The SMILES string of the molecule is COCCNCCNC(=O)c1sccc1S(=O)(=O)N(C)C.Cl. The Morgan fingerprint density at radius 3 is 2.59 bits per heavy atom. The Morgan fingerprint density at radius 1 is 1.32 bits per heavy atom. The second-order valence-electron chi connectivity index (χ2n) is 4.40. The van der Waals surface area contributed by atoms with Crippen LogP contribution in [0.15, 0.2) is 16.3 Å². The molecule has 1 amide bonds. The molecule has 128 valence electrons. The van der Waals surface area contributed by atoms with Crippen molar-refractivity contribution in [3.63, 3.8) is 0 Å². The Labute approximate surface area is 141 Å². The van der Waals surface area contributed by atoms with E-state index in [0.29, 0.717) is 26.2 Å². The van der Waals surface area contributed by atoms with E-state index < -0.39 is 10.0 Å². The molecule has 0 saturated carbocycles. The molecule has 0 radical (unpaired) electrons. The third-order valence-electron chi connectivity index (χ3n) is 2.66. The third-order valence-corrected chi connectivity index (χ3v) is 5.56. The Hall–Kier alpha value is -0.710. The first-order chi connectivity index (χ1) is 9.91. The van der Waals surface area contributed by atoms with E-state index in [1.807, 2.05) is 0 Å². The van der Waals surface area contributed by atoms with Gasteiger partial charge >= 0.3 is 0 Å². The summed E-state index contributed by atoms with van der Waals surface area (Å²) in [6.45, 7) is 2.31. The molecular formula is C12H22ClN3O4S2. The number of halogens is 1. The molecule has 0 saturated heterocycles. The van der Waals surface area contributed by atoms with E-state index in [4.69, 9.17) is 4.74 Å². The molecule has 22 heavy (non-hydrogen) atoms. The largest absolute Gasteiger partial charge is 0.383 e. The molecule has 0 bridgehead atoms.